The molecule has 1 fully saturated rings. The second-order valence-corrected chi connectivity index (χ2v) is 3.76. The molecular formula is C11H11. The Kier molecular flexibility index (Phi) is 0.993. The van der Waals surface area contributed by atoms with E-state index in [0.29, 0.717) is 0 Å². The van der Waals surface area contributed by atoms with Gasteiger partial charge in [0.05, 0.1) is 0 Å². The third-order valence-corrected chi connectivity index (χ3v) is 3.24. The summed E-state index contributed by atoms with van der Waals surface area (Å²) in [5, 5.41) is 0. The van der Waals surface area contributed by atoms with Crippen molar-refractivity contribution in [3.05, 3.63) is 35.4 Å². The number of hydrogen-bond donors (Lipinski definition) is 0. The zero-order valence-electron chi connectivity index (χ0n) is 6.51. The van der Waals surface area contributed by atoms with E-state index >= 15 is 0 Å². The Morgan fingerprint density at radius 2 is 2.00 bits per heavy atom. The number of benzene rings is 1. The molecule has 2 aliphatic rings. The van der Waals surface area contributed by atoms with Crippen molar-refractivity contribution in [1.82, 2.24) is 0 Å². The molecule has 2 atom stereocenters. The first-order chi connectivity index (χ1) is 5.45. The van der Waals surface area contributed by atoms with E-state index in [1.54, 1.807) is 11.1 Å². The molecule has 1 aromatic carbocycles. The van der Waals surface area contributed by atoms with Crippen LogP contribution in [0.25, 0.3) is 0 Å². The summed E-state index contributed by atoms with van der Waals surface area (Å²) in [5.74, 6) is 1.80. The molecule has 0 saturated heterocycles. The van der Waals surface area contributed by atoms with Gasteiger partial charge in [-0.2, -0.15) is 0 Å². The largest absolute Gasteiger partial charge is 0.0579 e. The zero-order valence-corrected chi connectivity index (χ0v) is 6.51. The van der Waals surface area contributed by atoms with Crippen LogP contribution >= 0.6 is 0 Å². The van der Waals surface area contributed by atoms with Gasteiger partial charge in [-0.15, -0.1) is 0 Å². The molecule has 0 heteroatoms. The van der Waals surface area contributed by atoms with Crippen molar-refractivity contribution in [1.29, 1.82) is 0 Å². The summed E-state index contributed by atoms with van der Waals surface area (Å²) in [6.07, 6.45) is 4.28. The second-order valence-electron chi connectivity index (χ2n) is 3.76. The van der Waals surface area contributed by atoms with Crippen LogP contribution in [0.2, 0.25) is 0 Å². The highest BCUT2D eigenvalue weighted by molar-refractivity contribution is 5.40. The molecule has 0 N–H and O–H groups in total. The Bertz CT molecular complexity index is 259. The molecule has 55 valence electrons. The number of rotatable bonds is 0. The summed E-state index contributed by atoms with van der Waals surface area (Å²) in [7, 11) is 0. The van der Waals surface area contributed by atoms with Crippen LogP contribution in [0.4, 0.5) is 0 Å². The van der Waals surface area contributed by atoms with Gasteiger partial charge in [-0.05, 0) is 48.3 Å². The smallest absolute Gasteiger partial charge is 0.0153 e. The van der Waals surface area contributed by atoms with Crippen LogP contribution < -0.4 is 0 Å². The van der Waals surface area contributed by atoms with Gasteiger partial charge in [0.2, 0.25) is 0 Å². The quantitative estimate of drug-likeness (QED) is 0.524. The normalized spacial score (nSPS) is 32.4. The molecule has 0 amide bonds. The van der Waals surface area contributed by atoms with Crippen molar-refractivity contribution < 1.29 is 0 Å². The van der Waals surface area contributed by atoms with Gasteiger partial charge in [0.15, 0.2) is 0 Å². The van der Waals surface area contributed by atoms with Crippen LogP contribution in [0.15, 0.2) is 18.2 Å². The molecule has 3 rings (SSSR count). The van der Waals surface area contributed by atoms with E-state index in [9.17, 15) is 0 Å². The summed E-state index contributed by atoms with van der Waals surface area (Å²) < 4.78 is 0. The van der Waals surface area contributed by atoms with Gasteiger partial charge in [-0.25, -0.2) is 0 Å². The van der Waals surface area contributed by atoms with Gasteiger partial charge >= 0.3 is 0 Å². The first kappa shape index (κ1) is 5.82. The first-order valence-corrected chi connectivity index (χ1v) is 4.45. The van der Waals surface area contributed by atoms with Crippen LogP contribution in [-0.2, 0) is 0 Å². The van der Waals surface area contributed by atoms with Crippen molar-refractivity contribution in [3.8, 4) is 0 Å². The van der Waals surface area contributed by atoms with E-state index in [4.69, 9.17) is 0 Å². The van der Waals surface area contributed by atoms with Crippen LogP contribution in [0, 0.1) is 6.07 Å². The summed E-state index contributed by atoms with van der Waals surface area (Å²) >= 11 is 0. The molecule has 0 spiro atoms. The van der Waals surface area contributed by atoms with Gasteiger partial charge in [-0.1, -0.05) is 18.2 Å². The highest BCUT2D eigenvalue weighted by Gasteiger charge is 2.35. The van der Waals surface area contributed by atoms with Gasteiger partial charge in [0, 0.05) is 0 Å². The third kappa shape index (κ3) is 0.649. The predicted octanol–water partition coefficient (Wildman–Crippen LogP) is 2.85. The maximum Gasteiger partial charge on any atom is -0.0153 e. The lowest BCUT2D eigenvalue weighted by molar-refractivity contribution is 0.717. The Hall–Kier alpha value is -0.780. The molecule has 0 nitrogen and oxygen atoms in total. The minimum Gasteiger partial charge on any atom is -0.0579 e. The van der Waals surface area contributed by atoms with Gasteiger partial charge in [0.1, 0.15) is 0 Å². The minimum absolute atomic E-state index is 0.896. The van der Waals surface area contributed by atoms with Gasteiger partial charge < -0.3 is 0 Å². The summed E-state index contributed by atoms with van der Waals surface area (Å²) in [6.45, 7) is 0. The summed E-state index contributed by atoms with van der Waals surface area (Å²) in [4.78, 5) is 0. The molecule has 2 aliphatic carbocycles. The Morgan fingerprint density at radius 3 is 2.82 bits per heavy atom. The Labute approximate surface area is 67.2 Å². The van der Waals surface area contributed by atoms with Crippen LogP contribution in [0.1, 0.15) is 42.2 Å². The average Bonchev–Trinajstić information content (AvgIpc) is 2.64. The molecule has 0 aliphatic heterocycles. The molecule has 2 bridgehead atoms. The maximum atomic E-state index is 3.18. The van der Waals surface area contributed by atoms with Crippen molar-refractivity contribution in [2.75, 3.05) is 0 Å². The van der Waals surface area contributed by atoms with Crippen LogP contribution in [0.5, 0.6) is 0 Å². The zero-order chi connectivity index (χ0) is 7.26. The Balaban J connectivity index is 2.23. The van der Waals surface area contributed by atoms with E-state index < -0.39 is 0 Å². The molecule has 11 heavy (non-hydrogen) atoms. The van der Waals surface area contributed by atoms with Crippen molar-refractivity contribution >= 4 is 0 Å². The molecule has 1 radical (unpaired) electrons. The predicted molar refractivity (Wildman–Crippen MR) is 44.6 cm³/mol. The lowest BCUT2D eigenvalue weighted by Crippen LogP contribution is -1.96. The number of hydrogen-bond acceptors (Lipinski definition) is 0. The van der Waals surface area contributed by atoms with Crippen molar-refractivity contribution in [2.24, 2.45) is 0 Å². The topological polar surface area (TPSA) is 0 Å². The summed E-state index contributed by atoms with van der Waals surface area (Å²) in [6, 6.07) is 9.69. The van der Waals surface area contributed by atoms with E-state index in [-0.39, 0.29) is 0 Å². The van der Waals surface area contributed by atoms with Crippen LogP contribution in [0.3, 0.4) is 0 Å². The van der Waals surface area contributed by atoms with Gasteiger partial charge in [0.25, 0.3) is 0 Å². The number of fused-ring (bicyclic) bond motifs is 5. The highest BCUT2D eigenvalue weighted by Crippen LogP contribution is 2.52. The minimum atomic E-state index is 0.896. The van der Waals surface area contributed by atoms with Crippen LogP contribution in [-0.4, -0.2) is 0 Å². The lowest BCUT2D eigenvalue weighted by Gasteiger charge is -2.13. The van der Waals surface area contributed by atoms with E-state index in [1.807, 2.05) is 0 Å². The van der Waals surface area contributed by atoms with E-state index in [0.717, 1.165) is 11.8 Å². The lowest BCUT2D eigenvalue weighted by atomic mass is 9.92. The van der Waals surface area contributed by atoms with E-state index in [2.05, 4.69) is 24.3 Å². The molecular weight excluding hydrogens is 132 g/mol. The van der Waals surface area contributed by atoms with Crippen molar-refractivity contribution in [2.45, 2.75) is 31.1 Å². The van der Waals surface area contributed by atoms with Crippen molar-refractivity contribution in [3.63, 3.8) is 0 Å². The summed E-state index contributed by atoms with van der Waals surface area (Å²) in [5.41, 5.74) is 3.23. The molecule has 0 aromatic heterocycles. The fourth-order valence-corrected chi connectivity index (χ4v) is 2.73. The third-order valence-electron chi connectivity index (χ3n) is 3.24. The molecule has 0 heterocycles. The highest BCUT2D eigenvalue weighted by atomic mass is 14.4. The molecule has 2 unspecified atom stereocenters. The fraction of sp³-hybridized carbons (Fsp3) is 0.455. The maximum absolute atomic E-state index is 3.18. The second kappa shape index (κ2) is 1.88. The van der Waals surface area contributed by atoms with Gasteiger partial charge in [-0.3, -0.25) is 0 Å². The van der Waals surface area contributed by atoms with E-state index in [1.165, 1.54) is 19.3 Å². The molecule has 1 saturated carbocycles. The standard InChI is InChI=1S/C11H11/c1-2-4-11-9-6-5-8(7-9)10(11)3-1/h1,3-4,8-9H,5-7H2. The fourth-order valence-electron chi connectivity index (χ4n) is 2.73. The Morgan fingerprint density at radius 1 is 1.18 bits per heavy atom. The SMILES string of the molecule is [c]1ccc2c(c1)C1CCC2C1. The first-order valence-electron chi connectivity index (χ1n) is 4.45. The molecule has 1 aromatic rings. The monoisotopic (exact) mass is 143 g/mol. The average molecular weight is 143 g/mol.